The van der Waals surface area contributed by atoms with Gasteiger partial charge in [0.15, 0.2) is 11.5 Å². The zero-order valence-corrected chi connectivity index (χ0v) is 14.2. The molecule has 0 N–H and O–H groups in total. The maximum Gasteiger partial charge on any atom is 0.254 e. The predicted octanol–water partition coefficient (Wildman–Crippen LogP) is 2.01. The van der Waals surface area contributed by atoms with Gasteiger partial charge in [-0.25, -0.2) is 0 Å². The topological polar surface area (TPSA) is 59.1 Å². The molecule has 6 nitrogen and oxygen atoms in total. The zero-order chi connectivity index (χ0) is 16.0. The van der Waals surface area contributed by atoms with Gasteiger partial charge in [0.05, 0.1) is 10.5 Å². The van der Waals surface area contributed by atoms with E-state index in [-0.39, 0.29) is 24.6 Å². The molecule has 23 heavy (non-hydrogen) atoms. The number of carbonyl (C=O) groups is 2. The highest BCUT2D eigenvalue weighted by Crippen LogP contribution is 2.40. The third-order valence-corrected chi connectivity index (χ3v) is 5.26. The summed E-state index contributed by atoms with van der Waals surface area (Å²) in [4.78, 5) is 28.4. The quantitative estimate of drug-likeness (QED) is 0.787. The SMILES string of the molecule is O=C(c1cc(Br)c2c(c1)OCO2)N1CCC(N2CCCC2=O)C1. The number of fused-ring (bicyclic) bond motifs is 1. The van der Waals surface area contributed by atoms with Crippen LogP contribution in [-0.4, -0.2) is 54.1 Å². The van der Waals surface area contributed by atoms with Gasteiger partial charge in [0.25, 0.3) is 5.91 Å². The zero-order valence-electron chi connectivity index (χ0n) is 12.6. The van der Waals surface area contributed by atoms with Gasteiger partial charge >= 0.3 is 0 Å². The van der Waals surface area contributed by atoms with E-state index in [1.165, 1.54) is 0 Å². The Morgan fingerprint density at radius 3 is 2.91 bits per heavy atom. The number of ether oxygens (including phenoxy) is 2. The highest BCUT2D eigenvalue weighted by molar-refractivity contribution is 9.10. The normalized spacial score (nSPS) is 23.0. The molecule has 0 spiro atoms. The molecule has 7 heteroatoms. The van der Waals surface area contributed by atoms with E-state index in [0.717, 1.165) is 23.9 Å². The maximum absolute atomic E-state index is 12.7. The van der Waals surface area contributed by atoms with Crippen molar-refractivity contribution in [1.82, 2.24) is 9.80 Å². The van der Waals surface area contributed by atoms with E-state index in [0.29, 0.717) is 36.6 Å². The number of hydrogen-bond donors (Lipinski definition) is 0. The monoisotopic (exact) mass is 380 g/mol. The van der Waals surface area contributed by atoms with Crippen LogP contribution in [-0.2, 0) is 4.79 Å². The van der Waals surface area contributed by atoms with E-state index in [4.69, 9.17) is 9.47 Å². The molecule has 4 rings (SSSR count). The van der Waals surface area contributed by atoms with Crippen molar-refractivity contribution in [2.24, 2.45) is 0 Å². The lowest BCUT2D eigenvalue weighted by Crippen LogP contribution is -2.39. The van der Waals surface area contributed by atoms with E-state index < -0.39 is 0 Å². The van der Waals surface area contributed by atoms with Crippen molar-refractivity contribution in [3.05, 3.63) is 22.2 Å². The molecule has 0 saturated carbocycles. The summed E-state index contributed by atoms with van der Waals surface area (Å²) in [5, 5.41) is 0. The van der Waals surface area contributed by atoms with Gasteiger partial charge in [-0.3, -0.25) is 9.59 Å². The second-order valence-corrected chi connectivity index (χ2v) is 6.93. The molecule has 3 aliphatic rings. The summed E-state index contributed by atoms with van der Waals surface area (Å²) < 4.78 is 11.4. The fourth-order valence-electron chi connectivity index (χ4n) is 3.51. The first-order chi connectivity index (χ1) is 11.1. The lowest BCUT2D eigenvalue weighted by molar-refractivity contribution is -0.129. The first kappa shape index (κ1) is 14.8. The lowest BCUT2D eigenvalue weighted by atomic mass is 10.2. The summed E-state index contributed by atoms with van der Waals surface area (Å²) in [6.45, 7) is 2.28. The van der Waals surface area contributed by atoms with E-state index in [2.05, 4.69) is 15.9 Å². The van der Waals surface area contributed by atoms with Gasteiger partial charge in [-0.2, -0.15) is 0 Å². The molecule has 2 amide bonds. The molecule has 122 valence electrons. The maximum atomic E-state index is 12.7. The second kappa shape index (κ2) is 5.70. The molecule has 3 aliphatic heterocycles. The number of hydrogen-bond acceptors (Lipinski definition) is 4. The van der Waals surface area contributed by atoms with Gasteiger partial charge in [-0.05, 0) is 40.9 Å². The first-order valence-corrected chi connectivity index (χ1v) is 8.60. The van der Waals surface area contributed by atoms with Crippen molar-refractivity contribution in [3.8, 4) is 11.5 Å². The van der Waals surface area contributed by atoms with Crippen LogP contribution in [0, 0.1) is 0 Å². The Hall–Kier alpha value is -1.76. The Balaban J connectivity index is 1.50. The van der Waals surface area contributed by atoms with Crippen molar-refractivity contribution in [2.45, 2.75) is 25.3 Å². The summed E-state index contributed by atoms with van der Waals surface area (Å²) in [5.74, 6) is 1.42. The third kappa shape index (κ3) is 2.56. The van der Waals surface area contributed by atoms with Crippen molar-refractivity contribution >= 4 is 27.7 Å². The molecule has 0 bridgehead atoms. The summed E-state index contributed by atoms with van der Waals surface area (Å²) >= 11 is 3.42. The van der Waals surface area contributed by atoms with Crippen LogP contribution in [0.15, 0.2) is 16.6 Å². The van der Waals surface area contributed by atoms with E-state index in [1.54, 1.807) is 12.1 Å². The summed E-state index contributed by atoms with van der Waals surface area (Å²) in [6, 6.07) is 3.65. The molecule has 0 aromatic heterocycles. The molecule has 1 aromatic rings. The second-order valence-electron chi connectivity index (χ2n) is 6.08. The minimum absolute atomic E-state index is 0.0295. The van der Waals surface area contributed by atoms with Crippen molar-refractivity contribution in [1.29, 1.82) is 0 Å². The molecule has 3 heterocycles. The highest BCUT2D eigenvalue weighted by Gasteiger charge is 2.35. The number of halogens is 1. The average molecular weight is 381 g/mol. The molecular weight excluding hydrogens is 364 g/mol. The van der Waals surface area contributed by atoms with Gasteiger partial charge < -0.3 is 19.3 Å². The van der Waals surface area contributed by atoms with E-state index in [9.17, 15) is 9.59 Å². The fourth-order valence-corrected chi connectivity index (χ4v) is 4.07. The van der Waals surface area contributed by atoms with Crippen LogP contribution in [0.3, 0.4) is 0 Å². The van der Waals surface area contributed by atoms with E-state index in [1.807, 2.05) is 9.80 Å². The largest absolute Gasteiger partial charge is 0.454 e. The Bertz CT molecular complexity index is 678. The highest BCUT2D eigenvalue weighted by atomic mass is 79.9. The van der Waals surface area contributed by atoms with Crippen LogP contribution in [0.4, 0.5) is 0 Å². The van der Waals surface area contributed by atoms with Crippen LogP contribution in [0.5, 0.6) is 11.5 Å². The minimum atomic E-state index is -0.0295. The molecule has 2 saturated heterocycles. The summed E-state index contributed by atoms with van der Waals surface area (Å²) in [7, 11) is 0. The number of amides is 2. The average Bonchev–Trinajstić information content (AvgIpc) is 3.25. The summed E-state index contributed by atoms with van der Waals surface area (Å²) in [6.07, 6.45) is 2.42. The number of nitrogens with zero attached hydrogens (tertiary/aromatic N) is 2. The van der Waals surface area contributed by atoms with Crippen LogP contribution in [0.1, 0.15) is 29.6 Å². The van der Waals surface area contributed by atoms with Crippen LogP contribution >= 0.6 is 15.9 Å². The third-order valence-electron chi connectivity index (χ3n) is 4.68. The Labute approximate surface area is 142 Å². The first-order valence-electron chi connectivity index (χ1n) is 7.81. The minimum Gasteiger partial charge on any atom is -0.454 e. The Kier molecular flexibility index (Phi) is 3.67. The molecule has 0 aliphatic carbocycles. The molecule has 1 unspecified atom stereocenters. The Morgan fingerprint density at radius 2 is 2.13 bits per heavy atom. The van der Waals surface area contributed by atoms with Gasteiger partial charge in [0.1, 0.15) is 0 Å². The number of benzene rings is 1. The smallest absolute Gasteiger partial charge is 0.254 e. The van der Waals surface area contributed by atoms with Gasteiger partial charge in [-0.15, -0.1) is 0 Å². The predicted molar refractivity (Wildman–Crippen MR) is 85.5 cm³/mol. The number of carbonyl (C=O) groups excluding carboxylic acids is 2. The van der Waals surface area contributed by atoms with Crippen molar-refractivity contribution in [3.63, 3.8) is 0 Å². The molecule has 1 atom stereocenters. The van der Waals surface area contributed by atoms with Crippen LogP contribution < -0.4 is 9.47 Å². The van der Waals surface area contributed by atoms with E-state index >= 15 is 0 Å². The van der Waals surface area contributed by atoms with Gasteiger partial charge in [0, 0.05) is 31.6 Å². The van der Waals surface area contributed by atoms with Crippen LogP contribution in [0.2, 0.25) is 0 Å². The molecule has 2 fully saturated rings. The lowest BCUT2D eigenvalue weighted by Gasteiger charge is -2.24. The van der Waals surface area contributed by atoms with Crippen molar-refractivity contribution in [2.75, 3.05) is 26.4 Å². The number of rotatable bonds is 2. The fraction of sp³-hybridized carbons (Fsp3) is 0.500. The van der Waals surface area contributed by atoms with Gasteiger partial charge in [0.2, 0.25) is 12.7 Å². The molecule has 0 radical (unpaired) electrons. The number of likely N-dealkylation sites (tertiary alicyclic amines) is 2. The van der Waals surface area contributed by atoms with Crippen molar-refractivity contribution < 1.29 is 19.1 Å². The molecule has 1 aromatic carbocycles. The standard InChI is InChI=1S/C16H17BrN2O4/c17-12-6-10(7-13-15(12)23-9-22-13)16(21)18-5-3-11(8-18)19-4-1-2-14(19)20/h6-7,11H,1-5,8-9H2. The van der Waals surface area contributed by atoms with Crippen LogP contribution in [0.25, 0.3) is 0 Å². The van der Waals surface area contributed by atoms with Gasteiger partial charge in [-0.1, -0.05) is 0 Å². The Morgan fingerprint density at radius 1 is 1.26 bits per heavy atom. The molecular formula is C16H17BrN2O4. The summed E-state index contributed by atoms with van der Waals surface area (Å²) in [5.41, 5.74) is 0.578.